The molecule has 1 aromatic carbocycles. The van der Waals surface area contributed by atoms with Gasteiger partial charge in [-0.3, -0.25) is 0 Å². The summed E-state index contributed by atoms with van der Waals surface area (Å²) in [5, 5.41) is 13.7. The fraction of sp³-hybridized carbons (Fsp3) is 0.571. The number of aliphatic hydroxyl groups is 1. The highest BCUT2D eigenvalue weighted by molar-refractivity contribution is 6.30. The minimum absolute atomic E-state index is 0.0326. The van der Waals surface area contributed by atoms with E-state index in [1.807, 2.05) is 0 Å². The molecule has 18 heavy (non-hydrogen) atoms. The summed E-state index contributed by atoms with van der Waals surface area (Å²) >= 11 is 5.75. The van der Waals surface area contributed by atoms with E-state index in [4.69, 9.17) is 11.6 Å². The van der Waals surface area contributed by atoms with Crippen LogP contribution in [-0.2, 0) is 0 Å². The minimum Gasteiger partial charge on any atom is -0.387 e. The molecular formula is C14H19ClFNO. The molecule has 2 N–H and O–H groups in total. The van der Waals surface area contributed by atoms with Gasteiger partial charge in [-0.15, -0.1) is 0 Å². The highest BCUT2D eigenvalue weighted by Crippen LogP contribution is 2.29. The first-order valence-electron chi connectivity index (χ1n) is 6.48. The first-order valence-corrected chi connectivity index (χ1v) is 6.86. The molecular weight excluding hydrogens is 253 g/mol. The summed E-state index contributed by atoms with van der Waals surface area (Å²) in [6.45, 7) is 3.10. The SMILES string of the molecule is CCC1CCNC(C(O)c2ccc(F)c(Cl)c2)C1. The van der Waals surface area contributed by atoms with E-state index in [9.17, 15) is 9.50 Å². The third-order valence-corrected chi connectivity index (χ3v) is 4.08. The van der Waals surface area contributed by atoms with Gasteiger partial charge in [-0.2, -0.15) is 0 Å². The lowest BCUT2D eigenvalue weighted by Gasteiger charge is -2.33. The van der Waals surface area contributed by atoms with Crippen LogP contribution in [0, 0.1) is 11.7 Å². The number of rotatable bonds is 3. The minimum atomic E-state index is -0.627. The summed E-state index contributed by atoms with van der Waals surface area (Å²) in [7, 11) is 0. The van der Waals surface area contributed by atoms with Gasteiger partial charge in [0.2, 0.25) is 0 Å². The molecule has 0 amide bonds. The molecule has 2 rings (SSSR count). The maximum absolute atomic E-state index is 13.1. The van der Waals surface area contributed by atoms with E-state index in [1.54, 1.807) is 6.07 Å². The number of benzene rings is 1. The second-order valence-corrected chi connectivity index (χ2v) is 5.38. The van der Waals surface area contributed by atoms with E-state index in [2.05, 4.69) is 12.2 Å². The molecule has 0 saturated carbocycles. The van der Waals surface area contributed by atoms with Gasteiger partial charge in [0.15, 0.2) is 0 Å². The molecule has 0 bridgehead atoms. The predicted octanol–water partition coefficient (Wildman–Crippen LogP) is 3.29. The second-order valence-electron chi connectivity index (χ2n) is 4.98. The molecule has 0 aliphatic carbocycles. The molecule has 0 spiro atoms. The van der Waals surface area contributed by atoms with Crippen LogP contribution in [0.3, 0.4) is 0 Å². The van der Waals surface area contributed by atoms with Gasteiger partial charge in [-0.05, 0) is 43.0 Å². The van der Waals surface area contributed by atoms with E-state index < -0.39 is 11.9 Å². The fourth-order valence-corrected chi connectivity index (χ4v) is 2.76. The first kappa shape index (κ1) is 13.8. The van der Waals surface area contributed by atoms with Crippen LogP contribution in [0.15, 0.2) is 18.2 Å². The number of hydrogen-bond donors (Lipinski definition) is 2. The molecule has 1 aliphatic heterocycles. The Bertz CT molecular complexity index is 413. The number of halogens is 2. The average molecular weight is 272 g/mol. The predicted molar refractivity (Wildman–Crippen MR) is 71.2 cm³/mol. The van der Waals surface area contributed by atoms with E-state index in [0.29, 0.717) is 11.5 Å². The molecule has 0 radical (unpaired) electrons. The van der Waals surface area contributed by atoms with Crippen molar-refractivity contribution in [3.63, 3.8) is 0 Å². The van der Waals surface area contributed by atoms with Gasteiger partial charge < -0.3 is 10.4 Å². The number of piperidine rings is 1. The van der Waals surface area contributed by atoms with Gasteiger partial charge in [0.05, 0.1) is 11.1 Å². The first-order chi connectivity index (χ1) is 8.61. The maximum atomic E-state index is 13.1. The molecule has 1 aliphatic rings. The molecule has 1 fully saturated rings. The Morgan fingerprint density at radius 3 is 3.00 bits per heavy atom. The zero-order chi connectivity index (χ0) is 13.1. The van der Waals surface area contributed by atoms with Gasteiger partial charge in [-0.1, -0.05) is 31.0 Å². The molecule has 1 saturated heterocycles. The maximum Gasteiger partial charge on any atom is 0.141 e. The van der Waals surface area contributed by atoms with Crippen molar-refractivity contribution in [2.45, 2.75) is 38.3 Å². The molecule has 3 unspecified atom stereocenters. The van der Waals surface area contributed by atoms with E-state index >= 15 is 0 Å². The summed E-state index contributed by atoms with van der Waals surface area (Å²) in [5.41, 5.74) is 0.677. The van der Waals surface area contributed by atoms with Crippen LogP contribution in [0.5, 0.6) is 0 Å². The van der Waals surface area contributed by atoms with Crippen LogP contribution in [0.2, 0.25) is 5.02 Å². The molecule has 2 nitrogen and oxygen atoms in total. The van der Waals surface area contributed by atoms with Crippen LogP contribution in [0.25, 0.3) is 0 Å². The van der Waals surface area contributed by atoms with Crippen molar-refractivity contribution >= 4 is 11.6 Å². The quantitative estimate of drug-likeness (QED) is 0.884. The molecule has 3 atom stereocenters. The zero-order valence-electron chi connectivity index (χ0n) is 10.5. The zero-order valence-corrected chi connectivity index (χ0v) is 11.3. The number of aliphatic hydroxyl groups excluding tert-OH is 1. The molecule has 0 aromatic heterocycles. The lowest BCUT2D eigenvalue weighted by Crippen LogP contribution is -2.42. The summed E-state index contributed by atoms with van der Waals surface area (Å²) in [6, 6.07) is 4.45. The van der Waals surface area contributed by atoms with Crippen molar-refractivity contribution in [3.05, 3.63) is 34.6 Å². The largest absolute Gasteiger partial charge is 0.387 e. The van der Waals surface area contributed by atoms with Gasteiger partial charge in [-0.25, -0.2) is 4.39 Å². The Balaban J connectivity index is 2.10. The third kappa shape index (κ3) is 3.02. The van der Waals surface area contributed by atoms with Crippen molar-refractivity contribution in [2.24, 2.45) is 5.92 Å². The lowest BCUT2D eigenvalue weighted by molar-refractivity contribution is 0.0978. The van der Waals surface area contributed by atoms with Crippen molar-refractivity contribution in [1.29, 1.82) is 0 Å². The number of nitrogens with one attached hydrogen (secondary N) is 1. The number of hydrogen-bond acceptors (Lipinski definition) is 2. The fourth-order valence-electron chi connectivity index (χ4n) is 2.57. The van der Waals surface area contributed by atoms with Crippen LogP contribution in [0.4, 0.5) is 4.39 Å². The van der Waals surface area contributed by atoms with E-state index in [0.717, 1.165) is 25.8 Å². The van der Waals surface area contributed by atoms with Crippen molar-refractivity contribution < 1.29 is 9.50 Å². The Morgan fingerprint density at radius 2 is 2.33 bits per heavy atom. The summed E-state index contributed by atoms with van der Waals surface area (Å²) in [5.74, 6) is 0.206. The van der Waals surface area contributed by atoms with E-state index in [-0.39, 0.29) is 11.1 Å². The second kappa shape index (κ2) is 6.00. The third-order valence-electron chi connectivity index (χ3n) is 3.79. The normalized spacial score (nSPS) is 26.0. The molecule has 1 heterocycles. The highest BCUT2D eigenvalue weighted by Gasteiger charge is 2.27. The average Bonchev–Trinajstić information content (AvgIpc) is 2.41. The Hall–Kier alpha value is -0.640. The van der Waals surface area contributed by atoms with Crippen molar-refractivity contribution in [2.75, 3.05) is 6.54 Å². The van der Waals surface area contributed by atoms with Crippen molar-refractivity contribution in [3.8, 4) is 0 Å². The van der Waals surface area contributed by atoms with Gasteiger partial charge in [0.25, 0.3) is 0 Å². The standard InChI is InChI=1S/C14H19ClFNO/c1-2-9-5-6-17-13(7-9)14(18)10-3-4-12(16)11(15)8-10/h3-4,8-9,13-14,17-18H,2,5-7H2,1H3. The lowest BCUT2D eigenvalue weighted by atomic mass is 9.86. The Kier molecular flexibility index (Phi) is 4.60. The molecule has 100 valence electrons. The van der Waals surface area contributed by atoms with Gasteiger partial charge >= 0.3 is 0 Å². The smallest absolute Gasteiger partial charge is 0.141 e. The van der Waals surface area contributed by atoms with Crippen molar-refractivity contribution in [1.82, 2.24) is 5.32 Å². The molecule has 4 heteroatoms. The van der Waals surface area contributed by atoms with Crippen LogP contribution in [-0.4, -0.2) is 17.7 Å². The monoisotopic (exact) mass is 271 g/mol. The topological polar surface area (TPSA) is 32.3 Å². The van der Waals surface area contributed by atoms with Crippen LogP contribution < -0.4 is 5.32 Å². The van der Waals surface area contributed by atoms with E-state index in [1.165, 1.54) is 12.1 Å². The summed E-state index contributed by atoms with van der Waals surface area (Å²) in [4.78, 5) is 0. The van der Waals surface area contributed by atoms with Gasteiger partial charge in [0, 0.05) is 6.04 Å². The highest BCUT2D eigenvalue weighted by atomic mass is 35.5. The Morgan fingerprint density at radius 1 is 1.56 bits per heavy atom. The molecule has 1 aromatic rings. The summed E-state index contributed by atoms with van der Waals surface area (Å²) < 4.78 is 13.1. The van der Waals surface area contributed by atoms with Crippen LogP contribution >= 0.6 is 11.6 Å². The van der Waals surface area contributed by atoms with Gasteiger partial charge in [0.1, 0.15) is 5.82 Å². The van der Waals surface area contributed by atoms with Crippen LogP contribution in [0.1, 0.15) is 37.9 Å². The summed E-state index contributed by atoms with van der Waals surface area (Å²) in [6.07, 6.45) is 2.61. The Labute approximate surface area is 112 Å².